The highest BCUT2D eigenvalue weighted by atomic mass is 79.9. The lowest BCUT2D eigenvalue weighted by atomic mass is 10.2. The second-order valence-corrected chi connectivity index (χ2v) is 4.64. The van der Waals surface area contributed by atoms with E-state index >= 15 is 0 Å². The number of benzene rings is 1. The number of nitrogens with one attached hydrogen (secondary N) is 1. The number of furan rings is 1. The van der Waals surface area contributed by atoms with Gasteiger partial charge in [0, 0.05) is 5.69 Å². The van der Waals surface area contributed by atoms with Crippen molar-refractivity contribution in [2.75, 3.05) is 11.9 Å². The van der Waals surface area contributed by atoms with Crippen molar-refractivity contribution >= 4 is 27.6 Å². The van der Waals surface area contributed by atoms with Gasteiger partial charge in [0.25, 0.3) is 0 Å². The summed E-state index contributed by atoms with van der Waals surface area (Å²) in [6.45, 7) is 2.71. The molecule has 19 heavy (non-hydrogen) atoms. The standard InChI is InChI=1S/C14H14BrNO3/c1-2-18-14(17)10-4-3-5-11(8-10)16-9-12-6-7-13(15)19-12/h3-8,16H,2,9H2,1H3. The molecular weight excluding hydrogens is 310 g/mol. The van der Waals surface area contributed by atoms with Gasteiger partial charge in [0.05, 0.1) is 18.7 Å². The molecule has 0 amide bonds. The van der Waals surface area contributed by atoms with Gasteiger partial charge in [0.2, 0.25) is 0 Å². The Labute approximate surface area is 119 Å². The lowest BCUT2D eigenvalue weighted by Gasteiger charge is -2.06. The Morgan fingerprint density at radius 3 is 2.89 bits per heavy atom. The Bertz CT molecular complexity index is 565. The fourth-order valence-corrected chi connectivity index (χ4v) is 1.95. The number of anilines is 1. The van der Waals surface area contributed by atoms with Gasteiger partial charge in [-0.15, -0.1) is 0 Å². The summed E-state index contributed by atoms with van der Waals surface area (Å²) in [7, 11) is 0. The minimum absolute atomic E-state index is 0.313. The molecule has 5 heteroatoms. The van der Waals surface area contributed by atoms with Crippen molar-refractivity contribution in [3.05, 3.63) is 52.4 Å². The summed E-state index contributed by atoms with van der Waals surface area (Å²) < 4.78 is 11.0. The number of rotatable bonds is 5. The molecule has 1 heterocycles. The average molecular weight is 324 g/mol. The number of carbonyl (C=O) groups excluding carboxylic acids is 1. The first kappa shape index (κ1) is 13.7. The normalized spacial score (nSPS) is 10.2. The fourth-order valence-electron chi connectivity index (χ4n) is 1.61. The molecule has 4 nitrogen and oxygen atoms in total. The van der Waals surface area contributed by atoms with Crippen molar-refractivity contribution in [2.45, 2.75) is 13.5 Å². The summed E-state index contributed by atoms with van der Waals surface area (Å²) in [6.07, 6.45) is 0. The lowest BCUT2D eigenvalue weighted by molar-refractivity contribution is 0.0526. The second kappa shape index (κ2) is 6.43. The molecule has 0 aliphatic carbocycles. The van der Waals surface area contributed by atoms with E-state index in [1.807, 2.05) is 24.3 Å². The van der Waals surface area contributed by atoms with Crippen LogP contribution in [0.15, 0.2) is 45.5 Å². The van der Waals surface area contributed by atoms with Crippen LogP contribution in [0.3, 0.4) is 0 Å². The molecule has 0 aliphatic rings. The number of hydrogen-bond donors (Lipinski definition) is 1. The quantitative estimate of drug-likeness (QED) is 0.849. The van der Waals surface area contributed by atoms with E-state index in [1.165, 1.54) is 0 Å². The van der Waals surface area contributed by atoms with Gasteiger partial charge in [0.15, 0.2) is 4.67 Å². The molecule has 0 saturated carbocycles. The molecule has 2 rings (SSSR count). The van der Waals surface area contributed by atoms with Crippen LogP contribution in [0.2, 0.25) is 0 Å². The van der Waals surface area contributed by atoms with Crippen LogP contribution < -0.4 is 5.32 Å². The highest BCUT2D eigenvalue weighted by molar-refractivity contribution is 9.10. The van der Waals surface area contributed by atoms with Crippen molar-refractivity contribution in [2.24, 2.45) is 0 Å². The Hall–Kier alpha value is -1.75. The number of hydrogen-bond acceptors (Lipinski definition) is 4. The van der Waals surface area contributed by atoms with E-state index < -0.39 is 0 Å². The van der Waals surface area contributed by atoms with Gasteiger partial charge in [-0.25, -0.2) is 4.79 Å². The van der Waals surface area contributed by atoms with Crippen LogP contribution in [0.4, 0.5) is 5.69 Å². The molecule has 0 saturated heterocycles. The summed E-state index contributed by atoms with van der Waals surface area (Å²) >= 11 is 3.25. The molecule has 0 bridgehead atoms. The summed E-state index contributed by atoms with van der Waals surface area (Å²) in [4.78, 5) is 11.6. The minimum Gasteiger partial charge on any atom is -0.462 e. The molecule has 0 atom stereocenters. The van der Waals surface area contributed by atoms with Gasteiger partial charge in [0.1, 0.15) is 5.76 Å². The Kier molecular flexibility index (Phi) is 4.63. The summed E-state index contributed by atoms with van der Waals surface area (Å²) in [6, 6.07) is 10.9. The molecule has 0 spiro atoms. The number of halogens is 1. The lowest BCUT2D eigenvalue weighted by Crippen LogP contribution is -2.05. The first-order valence-corrected chi connectivity index (χ1v) is 6.73. The van der Waals surface area contributed by atoms with Gasteiger partial charge in [-0.1, -0.05) is 6.07 Å². The molecule has 1 aromatic carbocycles. The second-order valence-electron chi connectivity index (χ2n) is 3.86. The average Bonchev–Trinajstić information content (AvgIpc) is 2.83. The molecule has 0 aliphatic heterocycles. The van der Waals surface area contributed by atoms with E-state index in [2.05, 4.69) is 21.2 Å². The predicted molar refractivity (Wildman–Crippen MR) is 76.1 cm³/mol. The van der Waals surface area contributed by atoms with Crippen LogP contribution >= 0.6 is 15.9 Å². The van der Waals surface area contributed by atoms with E-state index in [9.17, 15) is 4.79 Å². The van der Waals surface area contributed by atoms with E-state index in [0.717, 1.165) is 11.4 Å². The summed E-state index contributed by atoms with van der Waals surface area (Å²) in [5, 5.41) is 3.19. The number of esters is 1. The highest BCUT2D eigenvalue weighted by Gasteiger charge is 2.07. The van der Waals surface area contributed by atoms with Crippen molar-refractivity contribution in [3.63, 3.8) is 0 Å². The Balaban J connectivity index is 2.00. The third-order valence-corrected chi connectivity index (χ3v) is 2.90. The smallest absolute Gasteiger partial charge is 0.338 e. The van der Waals surface area contributed by atoms with Crippen LogP contribution in [0.5, 0.6) is 0 Å². The molecule has 1 N–H and O–H groups in total. The first-order chi connectivity index (χ1) is 9.19. The zero-order chi connectivity index (χ0) is 13.7. The zero-order valence-corrected chi connectivity index (χ0v) is 12.1. The minimum atomic E-state index is -0.313. The van der Waals surface area contributed by atoms with Gasteiger partial charge >= 0.3 is 5.97 Å². The molecule has 100 valence electrons. The third kappa shape index (κ3) is 3.86. The van der Waals surface area contributed by atoms with Gasteiger partial charge in [-0.2, -0.15) is 0 Å². The zero-order valence-electron chi connectivity index (χ0n) is 10.5. The molecular formula is C14H14BrNO3. The van der Waals surface area contributed by atoms with Crippen molar-refractivity contribution in [1.82, 2.24) is 0 Å². The van der Waals surface area contributed by atoms with Crippen LogP contribution in [-0.2, 0) is 11.3 Å². The van der Waals surface area contributed by atoms with Gasteiger partial charge in [-0.3, -0.25) is 0 Å². The Morgan fingerprint density at radius 2 is 2.21 bits per heavy atom. The number of carbonyl (C=O) groups is 1. The monoisotopic (exact) mass is 323 g/mol. The maximum atomic E-state index is 11.6. The summed E-state index contributed by atoms with van der Waals surface area (Å²) in [5.74, 6) is 0.500. The maximum Gasteiger partial charge on any atom is 0.338 e. The summed E-state index contributed by atoms with van der Waals surface area (Å²) in [5.41, 5.74) is 1.38. The van der Waals surface area contributed by atoms with E-state index in [0.29, 0.717) is 23.4 Å². The topological polar surface area (TPSA) is 51.5 Å². The SMILES string of the molecule is CCOC(=O)c1cccc(NCc2ccc(Br)o2)c1. The van der Waals surface area contributed by atoms with Crippen molar-refractivity contribution < 1.29 is 13.9 Å². The van der Waals surface area contributed by atoms with Crippen LogP contribution in [0.1, 0.15) is 23.0 Å². The maximum absolute atomic E-state index is 11.6. The van der Waals surface area contributed by atoms with Gasteiger partial charge in [-0.05, 0) is 53.2 Å². The molecule has 0 fully saturated rings. The molecule has 1 aromatic heterocycles. The fraction of sp³-hybridized carbons (Fsp3) is 0.214. The molecule has 0 radical (unpaired) electrons. The predicted octanol–water partition coefficient (Wildman–Crippen LogP) is 3.83. The molecule has 2 aromatic rings. The van der Waals surface area contributed by atoms with E-state index in [-0.39, 0.29) is 5.97 Å². The van der Waals surface area contributed by atoms with Crippen molar-refractivity contribution in [1.29, 1.82) is 0 Å². The van der Waals surface area contributed by atoms with Gasteiger partial charge < -0.3 is 14.5 Å². The molecule has 0 unspecified atom stereocenters. The van der Waals surface area contributed by atoms with Crippen LogP contribution in [0.25, 0.3) is 0 Å². The largest absolute Gasteiger partial charge is 0.462 e. The van der Waals surface area contributed by atoms with Crippen molar-refractivity contribution in [3.8, 4) is 0 Å². The van der Waals surface area contributed by atoms with E-state index in [4.69, 9.17) is 9.15 Å². The first-order valence-electron chi connectivity index (χ1n) is 5.94. The Morgan fingerprint density at radius 1 is 1.37 bits per heavy atom. The third-order valence-electron chi connectivity index (χ3n) is 2.47. The highest BCUT2D eigenvalue weighted by Crippen LogP contribution is 2.17. The van der Waals surface area contributed by atoms with Crippen LogP contribution in [-0.4, -0.2) is 12.6 Å². The number of ether oxygens (including phenoxy) is 1. The van der Waals surface area contributed by atoms with Crippen LogP contribution in [0, 0.1) is 0 Å². The van der Waals surface area contributed by atoms with E-state index in [1.54, 1.807) is 19.1 Å².